The van der Waals surface area contributed by atoms with Gasteiger partial charge in [0.05, 0.1) is 11.4 Å². The maximum atomic E-state index is 12.6. The summed E-state index contributed by atoms with van der Waals surface area (Å²) in [7, 11) is -3.67. The zero-order valence-electron chi connectivity index (χ0n) is 15.1. The normalized spacial score (nSPS) is 11.5. The number of aryl methyl sites for hydroxylation is 1. The van der Waals surface area contributed by atoms with Crippen LogP contribution in [0.2, 0.25) is 5.02 Å². The van der Waals surface area contributed by atoms with Gasteiger partial charge in [-0.25, -0.2) is 8.42 Å². The molecule has 0 saturated carbocycles. The summed E-state index contributed by atoms with van der Waals surface area (Å²) in [5.41, 5.74) is 2.05. The van der Waals surface area contributed by atoms with Gasteiger partial charge in [0.2, 0.25) is 0 Å². The number of nitrogens with zero attached hydrogens (tertiary/aromatic N) is 2. The summed E-state index contributed by atoms with van der Waals surface area (Å²) in [5.74, 6) is 0.275. The van der Waals surface area contributed by atoms with Crippen LogP contribution in [0, 0.1) is 0 Å². The third-order valence-electron chi connectivity index (χ3n) is 4.22. The van der Waals surface area contributed by atoms with E-state index in [1.54, 1.807) is 29.1 Å². The third kappa shape index (κ3) is 5.11. The molecule has 0 aliphatic rings. The zero-order valence-corrected chi connectivity index (χ0v) is 16.7. The van der Waals surface area contributed by atoms with Crippen molar-refractivity contribution in [3.05, 3.63) is 76.9 Å². The van der Waals surface area contributed by atoms with E-state index in [4.69, 9.17) is 11.6 Å². The fourth-order valence-electron chi connectivity index (χ4n) is 2.72. The second kappa shape index (κ2) is 8.59. The van der Waals surface area contributed by atoms with Crippen LogP contribution in [0.5, 0.6) is 0 Å². The molecular formula is C20H22ClN3O2S. The van der Waals surface area contributed by atoms with Gasteiger partial charge in [-0.1, -0.05) is 55.3 Å². The average Bonchev–Trinajstić information content (AvgIpc) is 3.08. The van der Waals surface area contributed by atoms with E-state index in [0.717, 1.165) is 30.4 Å². The number of benzene rings is 2. The first-order valence-corrected chi connectivity index (χ1v) is 10.7. The van der Waals surface area contributed by atoms with Gasteiger partial charge in [0.15, 0.2) is 5.82 Å². The molecule has 0 aliphatic heterocycles. The Morgan fingerprint density at radius 2 is 1.81 bits per heavy atom. The van der Waals surface area contributed by atoms with E-state index in [-0.39, 0.29) is 10.7 Å². The zero-order chi connectivity index (χ0) is 19.3. The molecule has 1 N–H and O–H groups in total. The summed E-state index contributed by atoms with van der Waals surface area (Å²) >= 11 is 6.16. The van der Waals surface area contributed by atoms with Crippen molar-refractivity contribution in [1.29, 1.82) is 0 Å². The second-order valence-corrected chi connectivity index (χ2v) is 8.43. The van der Waals surface area contributed by atoms with Gasteiger partial charge in [0.25, 0.3) is 10.0 Å². The molecule has 0 spiro atoms. The maximum Gasteiger partial charge on any atom is 0.263 e. The van der Waals surface area contributed by atoms with Gasteiger partial charge in [-0.15, -0.1) is 0 Å². The van der Waals surface area contributed by atoms with E-state index in [1.807, 2.05) is 36.4 Å². The Hall–Kier alpha value is -2.31. The van der Waals surface area contributed by atoms with E-state index >= 15 is 0 Å². The molecule has 0 saturated heterocycles. The molecule has 5 nitrogen and oxygen atoms in total. The number of sulfonamides is 1. The number of nitrogens with one attached hydrogen (secondary N) is 1. The van der Waals surface area contributed by atoms with Crippen molar-refractivity contribution in [2.24, 2.45) is 0 Å². The van der Waals surface area contributed by atoms with Crippen LogP contribution < -0.4 is 4.72 Å². The monoisotopic (exact) mass is 403 g/mol. The Labute approximate surface area is 165 Å². The van der Waals surface area contributed by atoms with Gasteiger partial charge < -0.3 is 0 Å². The van der Waals surface area contributed by atoms with Crippen molar-refractivity contribution >= 4 is 27.4 Å². The molecular weight excluding hydrogens is 382 g/mol. The van der Waals surface area contributed by atoms with Crippen LogP contribution >= 0.6 is 11.6 Å². The third-order valence-corrected chi connectivity index (χ3v) is 5.96. The molecule has 1 aromatic heterocycles. The molecule has 3 rings (SSSR count). The molecule has 0 amide bonds. The number of hydrogen-bond acceptors (Lipinski definition) is 3. The quantitative estimate of drug-likeness (QED) is 0.591. The number of aromatic nitrogens is 2. The van der Waals surface area contributed by atoms with Crippen LogP contribution in [-0.4, -0.2) is 18.2 Å². The Morgan fingerprint density at radius 3 is 2.52 bits per heavy atom. The minimum atomic E-state index is -3.67. The minimum absolute atomic E-state index is 0.225. The van der Waals surface area contributed by atoms with Crippen LogP contribution in [0.25, 0.3) is 0 Å². The summed E-state index contributed by atoms with van der Waals surface area (Å²) in [6.45, 7) is 2.60. The molecule has 0 unspecified atom stereocenters. The van der Waals surface area contributed by atoms with E-state index in [0.29, 0.717) is 11.6 Å². The molecule has 0 bridgehead atoms. The average molecular weight is 404 g/mol. The number of hydrogen-bond donors (Lipinski definition) is 1. The highest BCUT2D eigenvalue weighted by molar-refractivity contribution is 7.92. The fourth-order valence-corrected chi connectivity index (χ4v) is 3.91. The van der Waals surface area contributed by atoms with Gasteiger partial charge in [-0.3, -0.25) is 9.40 Å². The molecule has 1 heterocycles. The molecule has 27 heavy (non-hydrogen) atoms. The van der Waals surface area contributed by atoms with Crippen LogP contribution in [0.3, 0.4) is 0 Å². The van der Waals surface area contributed by atoms with Crippen molar-refractivity contribution in [3.63, 3.8) is 0 Å². The van der Waals surface area contributed by atoms with Crippen molar-refractivity contribution in [3.8, 4) is 0 Å². The van der Waals surface area contributed by atoms with Gasteiger partial charge in [0, 0.05) is 17.3 Å². The number of rotatable bonds is 8. The van der Waals surface area contributed by atoms with Crippen molar-refractivity contribution in [2.45, 2.75) is 37.6 Å². The number of anilines is 1. The summed E-state index contributed by atoms with van der Waals surface area (Å²) in [4.78, 5) is 0.225. The lowest BCUT2D eigenvalue weighted by molar-refractivity contribution is 0.600. The molecule has 0 radical (unpaired) electrons. The number of halogens is 1. The Morgan fingerprint density at radius 1 is 1.07 bits per heavy atom. The van der Waals surface area contributed by atoms with Gasteiger partial charge >= 0.3 is 0 Å². The smallest absolute Gasteiger partial charge is 0.263 e. The highest BCUT2D eigenvalue weighted by atomic mass is 35.5. The SMILES string of the molecule is CCCCc1ccc(S(=O)(=O)Nc2ccn(Cc3ccccc3Cl)n2)cc1. The van der Waals surface area contributed by atoms with E-state index in [2.05, 4.69) is 16.7 Å². The summed E-state index contributed by atoms with van der Waals surface area (Å²) in [5, 5.41) is 4.93. The molecule has 3 aromatic rings. The lowest BCUT2D eigenvalue weighted by Crippen LogP contribution is -2.14. The Balaban J connectivity index is 1.69. The lowest BCUT2D eigenvalue weighted by atomic mass is 10.1. The van der Waals surface area contributed by atoms with Crippen molar-refractivity contribution in [1.82, 2.24) is 9.78 Å². The predicted molar refractivity (Wildman–Crippen MR) is 109 cm³/mol. The molecule has 2 aromatic carbocycles. The second-order valence-electron chi connectivity index (χ2n) is 6.34. The standard InChI is InChI=1S/C20H22ClN3O2S/c1-2-3-6-16-9-11-18(12-10-16)27(25,26)23-20-13-14-24(22-20)15-17-7-4-5-8-19(17)21/h4-5,7-14H,2-3,6,15H2,1H3,(H,22,23). The minimum Gasteiger partial charge on any atom is -0.266 e. The van der Waals surface area contributed by atoms with Crippen molar-refractivity contribution in [2.75, 3.05) is 4.72 Å². The highest BCUT2D eigenvalue weighted by Crippen LogP contribution is 2.18. The van der Waals surface area contributed by atoms with Gasteiger partial charge in [-0.2, -0.15) is 5.10 Å². The van der Waals surface area contributed by atoms with Crippen LogP contribution in [0.1, 0.15) is 30.9 Å². The number of unbranched alkanes of at least 4 members (excludes halogenated alkanes) is 1. The Bertz CT molecular complexity index is 998. The van der Waals surface area contributed by atoms with Crippen LogP contribution in [0.15, 0.2) is 65.7 Å². The Kier molecular flexibility index (Phi) is 6.19. The topological polar surface area (TPSA) is 64.0 Å². The molecule has 0 atom stereocenters. The first-order chi connectivity index (χ1) is 13.0. The van der Waals surface area contributed by atoms with Gasteiger partial charge in [0.1, 0.15) is 0 Å². The molecule has 0 fully saturated rings. The first-order valence-electron chi connectivity index (χ1n) is 8.86. The molecule has 142 valence electrons. The van der Waals surface area contributed by atoms with Gasteiger partial charge in [-0.05, 0) is 42.2 Å². The molecule has 7 heteroatoms. The van der Waals surface area contributed by atoms with E-state index in [9.17, 15) is 8.42 Å². The predicted octanol–water partition coefficient (Wildman–Crippen LogP) is 4.73. The van der Waals surface area contributed by atoms with Crippen LogP contribution in [0.4, 0.5) is 5.82 Å². The first kappa shape index (κ1) is 19.5. The lowest BCUT2D eigenvalue weighted by Gasteiger charge is -2.07. The van der Waals surface area contributed by atoms with Crippen molar-refractivity contribution < 1.29 is 8.42 Å². The largest absolute Gasteiger partial charge is 0.266 e. The molecule has 0 aliphatic carbocycles. The fraction of sp³-hybridized carbons (Fsp3) is 0.250. The maximum absolute atomic E-state index is 12.6. The van der Waals surface area contributed by atoms with E-state index < -0.39 is 10.0 Å². The summed E-state index contributed by atoms with van der Waals surface area (Å²) < 4.78 is 29.3. The van der Waals surface area contributed by atoms with Crippen LogP contribution in [-0.2, 0) is 23.0 Å². The summed E-state index contributed by atoms with van der Waals surface area (Å²) in [6.07, 6.45) is 4.87. The summed E-state index contributed by atoms with van der Waals surface area (Å²) in [6, 6.07) is 16.1. The highest BCUT2D eigenvalue weighted by Gasteiger charge is 2.15. The van der Waals surface area contributed by atoms with E-state index in [1.165, 1.54) is 0 Å².